The first kappa shape index (κ1) is 15.4. The van der Waals surface area contributed by atoms with Crippen molar-refractivity contribution in [2.45, 2.75) is 0 Å². The van der Waals surface area contributed by atoms with Crippen LogP contribution in [0.3, 0.4) is 0 Å². The summed E-state index contributed by atoms with van der Waals surface area (Å²) >= 11 is 0. The highest BCUT2D eigenvalue weighted by molar-refractivity contribution is 5.93. The second-order valence-corrected chi connectivity index (χ2v) is 4.08. The molecule has 1 aromatic heterocycles. The standard InChI is InChI=1S/C14H15N3O5/c1-19-11-7-12(20-2)17-14(16-11)22-10-6-8(15)4-5-9(10)13(18)21-3/h4-7H,15H2,1-3H3. The Morgan fingerprint density at radius 1 is 1.05 bits per heavy atom. The molecule has 2 N–H and O–H groups in total. The minimum atomic E-state index is -0.565. The number of esters is 1. The molecule has 8 nitrogen and oxygen atoms in total. The summed E-state index contributed by atoms with van der Waals surface area (Å²) in [6, 6.07) is 5.97. The number of rotatable bonds is 5. The third-order valence-corrected chi connectivity index (χ3v) is 2.69. The molecule has 1 aromatic carbocycles. The van der Waals surface area contributed by atoms with Crippen molar-refractivity contribution in [1.82, 2.24) is 9.97 Å². The van der Waals surface area contributed by atoms with E-state index in [0.29, 0.717) is 5.69 Å². The fourth-order valence-electron chi connectivity index (χ4n) is 1.64. The lowest BCUT2D eigenvalue weighted by Gasteiger charge is -2.10. The van der Waals surface area contributed by atoms with E-state index in [1.165, 1.54) is 39.5 Å². The molecule has 0 aliphatic rings. The van der Waals surface area contributed by atoms with E-state index in [1.807, 2.05) is 0 Å². The number of benzene rings is 1. The quantitative estimate of drug-likeness (QED) is 0.656. The SMILES string of the molecule is COC(=O)c1ccc(N)cc1Oc1nc(OC)cc(OC)n1. The van der Waals surface area contributed by atoms with Gasteiger partial charge < -0.3 is 24.7 Å². The van der Waals surface area contributed by atoms with Crippen LogP contribution >= 0.6 is 0 Å². The van der Waals surface area contributed by atoms with E-state index in [1.54, 1.807) is 6.07 Å². The molecule has 1 heterocycles. The number of nitrogens with two attached hydrogens (primary N) is 1. The molecule has 0 atom stereocenters. The van der Waals surface area contributed by atoms with Crippen LogP contribution in [0.15, 0.2) is 24.3 Å². The molecule has 2 aromatic rings. The molecule has 0 unspecified atom stereocenters. The van der Waals surface area contributed by atoms with Crippen molar-refractivity contribution in [3.05, 3.63) is 29.8 Å². The lowest BCUT2D eigenvalue weighted by atomic mass is 10.2. The van der Waals surface area contributed by atoms with Gasteiger partial charge in [0.05, 0.1) is 27.4 Å². The van der Waals surface area contributed by atoms with Gasteiger partial charge in [-0.3, -0.25) is 0 Å². The zero-order valence-electron chi connectivity index (χ0n) is 12.3. The van der Waals surface area contributed by atoms with E-state index in [0.717, 1.165) is 0 Å². The number of hydrogen-bond donors (Lipinski definition) is 1. The molecule has 0 saturated heterocycles. The Labute approximate surface area is 126 Å². The second kappa shape index (κ2) is 6.61. The van der Waals surface area contributed by atoms with Crippen molar-refractivity contribution in [2.75, 3.05) is 27.1 Å². The summed E-state index contributed by atoms with van der Waals surface area (Å²) in [6.07, 6.45) is 0. The number of nitrogen functional groups attached to an aromatic ring is 1. The first-order valence-corrected chi connectivity index (χ1v) is 6.20. The molecule has 0 aliphatic heterocycles. The van der Waals surface area contributed by atoms with Gasteiger partial charge in [-0.15, -0.1) is 0 Å². The Kier molecular flexibility index (Phi) is 4.62. The number of carbonyl (C=O) groups is 1. The fourth-order valence-corrected chi connectivity index (χ4v) is 1.64. The molecule has 0 spiro atoms. The zero-order chi connectivity index (χ0) is 16.1. The monoisotopic (exact) mass is 305 g/mol. The van der Waals surface area contributed by atoms with Crippen LogP contribution in [0.4, 0.5) is 5.69 Å². The highest BCUT2D eigenvalue weighted by atomic mass is 16.5. The van der Waals surface area contributed by atoms with Crippen molar-refractivity contribution in [1.29, 1.82) is 0 Å². The molecular formula is C14H15N3O5. The van der Waals surface area contributed by atoms with Gasteiger partial charge in [0.2, 0.25) is 11.8 Å². The molecule has 0 fully saturated rings. The molecule has 0 saturated carbocycles. The van der Waals surface area contributed by atoms with Gasteiger partial charge in [0.1, 0.15) is 11.3 Å². The summed E-state index contributed by atoms with van der Waals surface area (Å²) in [6.45, 7) is 0. The first-order valence-electron chi connectivity index (χ1n) is 6.20. The van der Waals surface area contributed by atoms with Gasteiger partial charge in [-0.1, -0.05) is 0 Å². The number of aromatic nitrogens is 2. The fraction of sp³-hybridized carbons (Fsp3) is 0.214. The van der Waals surface area contributed by atoms with E-state index < -0.39 is 5.97 Å². The van der Waals surface area contributed by atoms with Crippen LogP contribution in [0.2, 0.25) is 0 Å². The maximum Gasteiger partial charge on any atom is 0.341 e. The van der Waals surface area contributed by atoms with Crippen molar-refractivity contribution >= 4 is 11.7 Å². The lowest BCUT2D eigenvalue weighted by Crippen LogP contribution is -2.06. The average Bonchev–Trinajstić information content (AvgIpc) is 2.53. The minimum absolute atomic E-state index is 0.0491. The summed E-state index contributed by atoms with van der Waals surface area (Å²) in [5, 5.41) is 0. The van der Waals surface area contributed by atoms with E-state index in [-0.39, 0.29) is 29.1 Å². The van der Waals surface area contributed by atoms with E-state index in [4.69, 9.17) is 24.7 Å². The van der Waals surface area contributed by atoms with Crippen LogP contribution in [0.25, 0.3) is 0 Å². The van der Waals surface area contributed by atoms with Crippen LogP contribution in [0.5, 0.6) is 23.5 Å². The number of anilines is 1. The molecule has 2 rings (SSSR count). The highest BCUT2D eigenvalue weighted by Gasteiger charge is 2.16. The Morgan fingerprint density at radius 3 is 2.23 bits per heavy atom. The normalized spacial score (nSPS) is 9.95. The van der Waals surface area contributed by atoms with Crippen LogP contribution in [-0.4, -0.2) is 37.3 Å². The average molecular weight is 305 g/mol. The van der Waals surface area contributed by atoms with Crippen molar-refractivity contribution in [3.8, 4) is 23.5 Å². The van der Waals surface area contributed by atoms with Gasteiger partial charge in [0.25, 0.3) is 0 Å². The molecule has 0 amide bonds. The predicted octanol–water partition coefficient (Wildman–Crippen LogP) is 1.65. The molecule has 22 heavy (non-hydrogen) atoms. The second-order valence-electron chi connectivity index (χ2n) is 4.08. The van der Waals surface area contributed by atoms with Gasteiger partial charge in [-0.05, 0) is 12.1 Å². The van der Waals surface area contributed by atoms with Gasteiger partial charge in [-0.2, -0.15) is 9.97 Å². The number of nitrogens with zero attached hydrogens (tertiary/aromatic N) is 2. The molecule has 0 bridgehead atoms. The summed E-state index contributed by atoms with van der Waals surface area (Å²) in [7, 11) is 4.17. The Bertz CT molecular complexity index is 668. The zero-order valence-corrected chi connectivity index (χ0v) is 12.3. The van der Waals surface area contributed by atoms with Gasteiger partial charge >= 0.3 is 12.0 Å². The highest BCUT2D eigenvalue weighted by Crippen LogP contribution is 2.28. The van der Waals surface area contributed by atoms with Gasteiger partial charge in [-0.25, -0.2) is 4.79 Å². The van der Waals surface area contributed by atoms with Gasteiger partial charge in [0.15, 0.2) is 0 Å². The first-order chi connectivity index (χ1) is 10.6. The molecule has 0 radical (unpaired) electrons. The third-order valence-electron chi connectivity index (χ3n) is 2.69. The Morgan fingerprint density at radius 2 is 1.68 bits per heavy atom. The third kappa shape index (κ3) is 3.35. The maximum atomic E-state index is 11.7. The Balaban J connectivity index is 2.42. The van der Waals surface area contributed by atoms with Crippen LogP contribution in [0, 0.1) is 0 Å². The smallest absolute Gasteiger partial charge is 0.341 e. The van der Waals surface area contributed by atoms with Crippen molar-refractivity contribution < 1.29 is 23.7 Å². The summed E-state index contributed by atoms with van der Waals surface area (Å²) in [4.78, 5) is 19.8. The molecule has 116 valence electrons. The van der Waals surface area contributed by atoms with E-state index in [2.05, 4.69) is 9.97 Å². The Hall–Kier alpha value is -3.03. The van der Waals surface area contributed by atoms with Crippen molar-refractivity contribution in [3.63, 3.8) is 0 Å². The maximum absolute atomic E-state index is 11.7. The molecule has 0 aliphatic carbocycles. The number of methoxy groups -OCH3 is 3. The van der Waals surface area contributed by atoms with Crippen LogP contribution in [-0.2, 0) is 4.74 Å². The van der Waals surface area contributed by atoms with E-state index >= 15 is 0 Å². The number of hydrogen-bond acceptors (Lipinski definition) is 8. The topological polar surface area (TPSA) is 106 Å². The number of carbonyl (C=O) groups excluding carboxylic acids is 1. The summed E-state index contributed by atoms with van der Waals surface area (Å²) in [5.74, 6) is 0.114. The van der Waals surface area contributed by atoms with Crippen LogP contribution in [0.1, 0.15) is 10.4 Å². The predicted molar refractivity (Wildman–Crippen MR) is 77.4 cm³/mol. The largest absolute Gasteiger partial charge is 0.481 e. The summed E-state index contributed by atoms with van der Waals surface area (Å²) in [5.41, 5.74) is 6.32. The number of ether oxygens (including phenoxy) is 4. The van der Waals surface area contributed by atoms with Gasteiger partial charge in [0, 0.05) is 11.8 Å². The summed E-state index contributed by atoms with van der Waals surface area (Å²) < 4.78 is 20.3. The van der Waals surface area contributed by atoms with Crippen molar-refractivity contribution in [2.24, 2.45) is 0 Å². The van der Waals surface area contributed by atoms with Crippen LogP contribution < -0.4 is 19.9 Å². The lowest BCUT2D eigenvalue weighted by molar-refractivity contribution is 0.0598. The van der Waals surface area contributed by atoms with E-state index in [9.17, 15) is 4.79 Å². The molecule has 8 heteroatoms. The minimum Gasteiger partial charge on any atom is -0.481 e. The molecular weight excluding hydrogens is 290 g/mol.